The van der Waals surface area contributed by atoms with Crippen LogP contribution >= 0.6 is 50.7 Å². The number of carbonyl (C=O) groups is 1. The number of rotatable bonds is 6. The van der Waals surface area contributed by atoms with Crippen molar-refractivity contribution in [3.8, 4) is 11.8 Å². The number of carbonyl (C=O) groups excluding carboxylic acids is 1. The van der Waals surface area contributed by atoms with Gasteiger partial charge in [0.2, 0.25) is 0 Å². The van der Waals surface area contributed by atoms with Gasteiger partial charge in [0.05, 0.1) is 0 Å². The predicted octanol–water partition coefficient (Wildman–Crippen LogP) is 7.84. The number of anilines is 1. The zero-order chi connectivity index (χ0) is 23.3. The second kappa shape index (κ2) is 10.9. The lowest BCUT2D eigenvalue weighted by Gasteiger charge is -2.12. The highest BCUT2D eigenvalue weighted by Crippen LogP contribution is 2.28. The number of nitrogens with zero attached hydrogens (tertiary/aromatic N) is 1. The summed E-state index contributed by atoms with van der Waals surface area (Å²) >= 11 is 21.7. The highest BCUT2D eigenvalue weighted by Gasteiger charge is 2.13. The van der Waals surface area contributed by atoms with Gasteiger partial charge in [-0.1, -0.05) is 62.9 Å². The number of aryl methyl sites for hydroxylation is 1. The van der Waals surface area contributed by atoms with Gasteiger partial charge in [0.1, 0.15) is 24.0 Å². The molecule has 0 aliphatic rings. The van der Waals surface area contributed by atoms with Gasteiger partial charge in [0.15, 0.2) is 0 Å². The molecule has 0 spiro atoms. The Morgan fingerprint density at radius 2 is 1.88 bits per heavy atom. The van der Waals surface area contributed by atoms with Crippen molar-refractivity contribution in [2.24, 2.45) is 0 Å². The van der Waals surface area contributed by atoms with E-state index in [2.05, 4.69) is 21.2 Å². The molecule has 0 radical (unpaired) electrons. The molecule has 4 nitrogen and oxygen atoms in total. The Labute approximate surface area is 209 Å². The van der Waals surface area contributed by atoms with Gasteiger partial charge in [-0.2, -0.15) is 5.26 Å². The first kappa shape index (κ1) is 24.2. The number of hydrogen-bond acceptors (Lipinski definition) is 3. The molecule has 32 heavy (non-hydrogen) atoms. The van der Waals surface area contributed by atoms with Crippen molar-refractivity contribution >= 4 is 68.4 Å². The van der Waals surface area contributed by atoms with Crippen LogP contribution in [0.4, 0.5) is 5.69 Å². The molecule has 0 unspecified atom stereocenters. The number of hydrogen-bond donors (Lipinski definition) is 1. The molecule has 1 amide bonds. The van der Waals surface area contributed by atoms with Gasteiger partial charge < -0.3 is 10.1 Å². The third-order valence-corrected chi connectivity index (χ3v) is 5.95. The fourth-order valence-electron chi connectivity index (χ4n) is 2.73. The second-order valence-corrected chi connectivity index (χ2v) is 8.96. The van der Waals surface area contributed by atoms with Crippen LogP contribution < -0.4 is 10.1 Å². The Bertz CT molecular complexity index is 1250. The van der Waals surface area contributed by atoms with Crippen LogP contribution in [-0.4, -0.2) is 5.91 Å². The summed E-state index contributed by atoms with van der Waals surface area (Å²) in [7, 11) is 0. The van der Waals surface area contributed by atoms with Crippen molar-refractivity contribution < 1.29 is 9.53 Å². The maximum Gasteiger partial charge on any atom is 0.266 e. The molecule has 3 aromatic carbocycles. The first-order valence-electron chi connectivity index (χ1n) is 9.32. The third kappa shape index (κ3) is 6.27. The monoisotopic (exact) mass is 548 g/mol. The molecule has 0 atom stereocenters. The number of benzene rings is 3. The van der Waals surface area contributed by atoms with E-state index in [1.54, 1.807) is 54.6 Å². The number of nitrogens with one attached hydrogen (secondary N) is 1. The zero-order valence-electron chi connectivity index (χ0n) is 16.8. The molecule has 0 saturated heterocycles. The Morgan fingerprint density at radius 1 is 1.09 bits per heavy atom. The lowest BCUT2D eigenvalue weighted by molar-refractivity contribution is -0.112. The van der Waals surface area contributed by atoms with Crippen molar-refractivity contribution in [2.75, 3.05) is 5.32 Å². The largest absolute Gasteiger partial charge is 0.488 e. The van der Waals surface area contributed by atoms with Crippen molar-refractivity contribution in [3.63, 3.8) is 0 Å². The normalized spacial score (nSPS) is 11.1. The smallest absolute Gasteiger partial charge is 0.266 e. The Kier molecular flexibility index (Phi) is 8.22. The number of ether oxygens (including phenoxy) is 1. The maximum absolute atomic E-state index is 12.7. The van der Waals surface area contributed by atoms with Gasteiger partial charge in [0, 0.05) is 36.4 Å². The van der Waals surface area contributed by atoms with Crippen LogP contribution in [0.3, 0.4) is 0 Å². The maximum atomic E-state index is 12.7. The molecule has 0 saturated carbocycles. The van der Waals surface area contributed by atoms with Crippen LogP contribution in [0.1, 0.15) is 16.7 Å². The molecule has 0 heterocycles. The van der Waals surface area contributed by atoms with Gasteiger partial charge >= 0.3 is 0 Å². The van der Waals surface area contributed by atoms with E-state index in [0.29, 0.717) is 32.1 Å². The average Bonchev–Trinajstić information content (AvgIpc) is 2.75. The molecule has 0 aliphatic heterocycles. The summed E-state index contributed by atoms with van der Waals surface area (Å²) in [5.41, 5.74) is 2.60. The molecule has 0 fully saturated rings. The fraction of sp³-hybridized carbons (Fsp3) is 0.0833. The van der Waals surface area contributed by atoms with Crippen molar-refractivity contribution in [3.05, 3.63) is 96.4 Å². The average molecular weight is 551 g/mol. The zero-order valence-corrected chi connectivity index (χ0v) is 20.6. The summed E-state index contributed by atoms with van der Waals surface area (Å²) in [5.74, 6) is -0.0720. The van der Waals surface area contributed by atoms with Crippen LogP contribution in [-0.2, 0) is 11.4 Å². The van der Waals surface area contributed by atoms with Crippen LogP contribution in [0.25, 0.3) is 6.08 Å². The Hall–Kier alpha value is -2.49. The van der Waals surface area contributed by atoms with E-state index in [9.17, 15) is 10.1 Å². The fourth-order valence-corrected chi connectivity index (χ4v) is 3.75. The summed E-state index contributed by atoms with van der Waals surface area (Å²) in [4.78, 5) is 12.7. The molecule has 8 heteroatoms. The molecule has 1 N–H and O–H groups in total. The summed E-state index contributed by atoms with van der Waals surface area (Å²) < 4.78 is 6.69. The minimum atomic E-state index is -0.556. The van der Waals surface area contributed by atoms with Gasteiger partial charge in [-0.05, 0) is 61.0 Å². The van der Waals surface area contributed by atoms with Crippen LogP contribution in [0.2, 0.25) is 15.1 Å². The molecule has 3 aromatic rings. The van der Waals surface area contributed by atoms with Crippen LogP contribution in [0, 0.1) is 18.3 Å². The molecular weight excluding hydrogens is 535 g/mol. The van der Waals surface area contributed by atoms with Gasteiger partial charge in [-0.3, -0.25) is 4.79 Å². The van der Waals surface area contributed by atoms with Gasteiger partial charge in [-0.25, -0.2) is 0 Å². The molecule has 162 valence electrons. The van der Waals surface area contributed by atoms with Crippen LogP contribution in [0.5, 0.6) is 5.75 Å². The predicted molar refractivity (Wildman–Crippen MR) is 133 cm³/mol. The first-order valence-corrected chi connectivity index (χ1v) is 11.2. The summed E-state index contributed by atoms with van der Waals surface area (Å²) in [6.07, 6.45) is 1.47. The lowest BCUT2D eigenvalue weighted by Crippen LogP contribution is -2.13. The molecule has 3 rings (SSSR count). The highest BCUT2D eigenvalue weighted by atomic mass is 79.9. The molecule has 0 bridgehead atoms. The van der Waals surface area contributed by atoms with E-state index in [1.807, 2.05) is 13.0 Å². The van der Waals surface area contributed by atoms with E-state index < -0.39 is 5.91 Å². The van der Waals surface area contributed by atoms with E-state index in [4.69, 9.17) is 39.5 Å². The quantitative estimate of drug-likeness (QED) is 0.251. The van der Waals surface area contributed by atoms with Crippen molar-refractivity contribution in [1.29, 1.82) is 5.26 Å². The van der Waals surface area contributed by atoms with Crippen molar-refractivity contribution in [1.82, 2.24) is 0 Å². The topological polar surface area (TPSA) is 62.1 Å². The summed E-state index contributed by atoms with van der Waals surface area (Å²) in [6.45, 7) is 2.05. The van der Waals surface area contributed by atoms with Gasteiger partial charge in [-0.15, -0.1) is 0 Å². The molecule has 0 aliphatic carbocycles. The molecular formula is C24H16BrCl3N2O2. The lowest BCUT2D eigenvalue weighted by atomic mass is 10.1. The van der Waals surface area contributed by atoms with E-state index in [0.717, 1.165) is 15.6 Å². The standard InChI is InChI=1S/C24H16BrCl3N2O2/c1-14-2-6-20(11-21(14)27)30-24(31)17(12-29)8-16-9-18(25)4-7-23(16)32-13-15-3-5-19(26)10-22(15)28/h2-11H,13H2,1H3,(H,30,31)/b17-8-. The van der Waals surface area contributed by atoms with E-state index >= 15 is 0 Å². The highest BCUT2D eigenvalue weighted by molar-refractivity contribution is 9.10. The Morgan fingerprint density at radius 3 is 2.56 bits per heavy atom. The Balaban J connectivity index is 1.84. The second-order valence-electron chi connectivity index (χ2n) is 6.79. The van der Waals surface area contributed by atoms with E-state index in [1.165, 1.54) is 6.08 Å². The minimum absolute atomic E-state index is 0.0887. The van der Waals surface area contributed by atoms with Crippen molar-refractivity contribution in [2.45, 2.75) is 13.5 Å². The van der Waals surface area contributed by atoms with E-state index in [-0.39, 0.29) is 12.2 Å². The number of amides is 1. The van der Waals surface area contributed by atoms with Crippen LogP contribution in [0.15, 0.2) is 64.6 Å². The van der Waals surface area contributed by atoms with Gasteiger partial charge in [0.25, 0.3) is 5.91 Å². The molecule has 0 aromatic heterocycles. The number of halogens is 4. The first-order chi connectivity index (χ1) is 15.3. The SMILES string of the molecule is Cc1ccc(NC(=O)/C(C#N)=C\c2cc(Br)ccc2OCc2ccc(Cl)cc2Cl)cc1Cl. The summed E-state index contributed by atoms with van der Waals surface area (Å²) in [5, 5.41) is 13.8. The third-order valence-electron chi connectivity index (χ3n) is 4.46. The minimum Gasteiger partial charge on any atom is -0.488 e. The number of nitriles is 1. The summed E-state index contributed by atoms with van der Waals surface area (Å²) in [6, 6.07) is 17.5.